The Hall–Kier alpha value is -2.68. The first kappa shape index (κ1) is 27.4. The van der Waals surface area contributed by atoms with Crippen LogP contribution < -0.4 is 4.74 Å². The Balaban J connectivity index is 1.15. The molecule has 0 atom stereocenters. The van der Waals surface area contributed by atoms with Gasteiger partial charge in [-0.2, -0.15) is 0 Å². The van der Waals surface area contributed by atoms with Crippen LogP contribution in [-0.4, -0.2) is 16.6 Å². The van der Waals surface area contributed by atoms with Crippen LogP contribution in [0, 0.1) is 5.92 Å². The second kappa shape index (κ2) is 14.9. The number of nitrogens with zero attached hydrogens (tertiary/aromatic N) is 2. The van der Waals surface area contributed by atoms with Crippen molar-refractivity contribution in [2.75, 3.05) is 6.61 Å². The van der Waals surface area contributed by atoms with Gasteiger partial charge in [0.1, 0.15) is 11.6 Å². The average molecular weight is 499 g/mol. The van der Waals surface area contributed by atoms with Gasteiger partial charge in [-0.1, -0.05) is 88.8 Å². The van der Waals surface area contributed by atoms with Crippen molar-refractivity contribution in [2.24, 2.45) is 5.92 Å². The van der Waals surface area contributed by atoms with Crippen molar-refractivity contribution in [3.05, 3.63) is 77.9 Å². The third-order valence-electron chi connectivity index (χ3n) is 7.99. The van der Waals surface area contributed by atoms with Crippen molar-refractivity contribution in [1.29, 1.82) is 0 Å². The Kier molecular flexibility index (Phi) is 11.0. The number of benzene rings is 2. The summed E-state index contributed by atoms with van der Waals surface area (Å²) in [5, 5.41) is 0. The van der Waals surface area contributed by atoms with E-state index in [2.05, 4.69) is 84.7 Å². The van der Waals surface area contributed by atoms with Crippen molar-refractivity contribution >= 4 is 0 Å². The summed E-state index contributed by atoms with van der Waals surface area (Å²) in [4.78, 5) is 9.36. The van der Waals surface area contributed by atoms with Crippen molar-refractivity contribution in [2.45, 2.75) is 103 Å². The number of ether oxygens (including phenoxy) is 1. The second-order valence-electron chi connectivity index (χ2n) is 11.1. The molecule has 0 N–H and O–H groups in total. The summed E-state index contributed by atoms with van der Waals surface area (Å²) in [6.07, 6.45) is 20.1. The lowest BCUT2D eigenvalue weighted by Gasteiger charge is -2.25. The monoisotopic (exact) mass is 498 g/mol. The maximum absolute atomic E-state index is 5.91. The largest absolute Gasteiger partial charge is 0.494 e. The molecule has 0 bridgehead atoms. The third-order valence-corrected chi connectivity index (χ3v) is 7.99. The fourth-order valence-electron chi connectivity index (χ4n) is 5.41. The summed E-state index contributed by atoms with van der Waals surface area (Å²) in [7, 11) is 0. The van der Waals surface area contributed by atoms with E-state index >= 15 is 0 Å². The molecule has 1 aromatic heterocycles. The SMILES string of the molecule is CCCCCCCOc1ccc(-c2ccc(CCCCc3ncc(C4CCC(C)CC4)cn3)cc2)cc1. The number of hydrogen-bond donors (Lipinski definition) is 0. The molecule has 0 amide bonds. The molecule has 0 spiro atoms. The van der Waals surface area contributed by atoms with Gasteiger partial charge < -0.3 is 4.74 Å². The molecule has 3 heteroatoms. The maximum Gasteiger partial charge on any atom is 0.128 e. The number of unbranched alkanes of at least 4 members (excludes halogenated alkanes) is 5. The zero-order valence-corrected chi connectivity index (χ0v) is 23.1. The molecule has 0 aliphatic heterocycles. The second-order valence-corrected chi connectivity index (χ2v) is 11.1. The average Bonchev–Trinajstić information content (AvgIpc) is 2.94. The third kappa shape index (κ3) is 8.98. The molecular weight excluding hydrogens is 452 g/mol. The standard InChI is InChI=1S/C34H46N2O/c1-3-4-5-6-9-24-37-33-22-20-30(21-23-33)29-18-14-28(15-19-29)10-7-8-11-34-35-25-32(26-36-34)31-16-12-27(2)13-17-31/h14-15,18-23,25-27,31H,3-13,16-17,24H2,1-2H3. The van der Waals surface area contributed by atoms with Crippen LogP contribution in [0.4, 0.5) is 0 Å². The van der Waals surface area contributed by atoms with Crippen molar-refractivity contribution in [1.82, 2.24) is 9.97 Å². The van der Waals surface area contributed by atoms with Crippen LogP contribution in [-0.2, 0) is 12.8 Å². The van der Waals surface area contributed by atoms with E-state index < -0.39 is 0 Å². The zero-order chi connectivity index (χ0) is 25.7. The van der Waals surface area contributed by atoms with E-state index in [0.29, 0.717) is 5.92 Å². The molecular formula is C34H46N2O. The fourth-order valence-corrected chi connectivity index (χ4v) is 5.41. The molecule has 1 aliphatic carbocycles. The van der Waals surface area contributed by atoms with Gasteiger partial charge in [0, 0.05) is 18.8 Å². The predicted molar refractivity (Wildman–Crippen MR) is 155 cm³/mol. The minimum absolute atomic E-state index is 0.671. The van der Waals surface area contributed by atoms with Gasteiger partial charge >= 0.3 is 0 Å². The van der Waals surface area contributed by atoms with Crippen molar-refractivity contribution in [3.63, 3.8) is 0 Å². The summed E-state index contributed by atoms with van der Waals surface area (Å²) in [5.74, 6) is 3.52. The van der Waals surface area contributed by atoms with E-state index in [4.69, 9.17) is 4.74 Å². The highest BCUT2D eigenvalue weighted by Gasteiger charge is 2.20. The van der Waals surface area contributed by atoms with E-state index in [9.17, 15) is 0 Å². The Morgan fingerprint density at radius 2 is 1.32 bits per heavy atom. The van der Waals surface area contributed by atoms with Crippen LogP contribution in [0.3, 0.4) is 0 Å². The van der Waals surface area contributed by atoms with Crippen LogP contribution in [0.25, 0.3) is 11.1 Å². The highest BCUT2D eigenvalue weighted by Crippen LogP contribution is 2.34. The Morgan fingerprint density at radius 1 is 0.703 bits per heavy atom. The fraction of sp³-hybridized carbons (Fsp3) is 0.529. The molecule has 1 saturated carbocycles. The van der Waals surface area contributed by atoms with E-state index in [1.807, 2.05) is 0 Å². The van der Waals surface area contributed by atoms with E-state index in [1.54, 1.807) is 0 Å². The first-order valence-electron chi connectivity index (χ1n) is 14.8. The zero-order valence-electron chi connectivity index (χ0n) is 23.1. The smallest absolute Gasteiger partial charge is 0.128 e. The lowest BCUT2D eigenvalue weighted by Crippen LogP contribution is -2.11. The van der Waals surface area contributed by atoms with Gasteiger partial charge in [0.25, 0.3) is 0 Å². The van der Waals surface area contributed by atoms with Gasteiger partial charge in [0.05, 0.1) is 6.61 Å². The topological polar surface area (TPSA) is 35.0 Å². The van der Waals surface area contributed by atoms with Gasteiger partial charge in [0.15, 0.2) is 0 Å². The first-order valence-corrected chi connectivity index (χ1v) is 14.8. The molecule has 37 heavy (non-hydrogen) atoms. The first-order chi connectivity index (χ1) is 18.2. The number of rotatable bonds is 14. The molecule has 0 unspecified atom stereocenters. The molecule has 0 saturated heterocycles. The predicted octanol–water partition coefficient (Wildman–Crippen LogP) is 9.35. The lowest BCUT2D eigenvalue weighted by atomic mass is 9.80. The molecule has 4 rings (SSSR count). The number of hydrogen-bond acceptors (Lipinski definition) is 3. The van der Waals surface area contributed by atoms with Gasteiger partial charge in [-0.3, -0.25) is 0 Å². The van der Waals surface area contributed by atoms with Crippen LogP contribution in [0.15, 0.2) is 60.9 Å². The molecule has 0 radical (unpaired) electrons. The summed E-state index contributed by atoms with van der Waals surface area (Å²) < 4.78 is 5.91. The van der Waals surface area contributed by atoms with Gasteiger partial charge in [-0.15, -0.1) is 0 Å². The molecule has 1 aliphatic rings. The lowest BCUT2D eigenvalue weighted by molar-refractivity contribution is 0.304. The maximum atomic E-state index is 5.91. The summed E-state index contributed by atoms with van der Waals surface area (Å²) in [6, 6.07) is 17.6. The van der Waals surface area contributed by atoms with Crippen molar-refractivity contribution in [3.8, 4) is 16.9 Å². The molecule has 3 aromatic rings. The Morgan fingerprint density at radius 3 is 2.00 bits per heavy atom. The number of aromatic nitrogens is 2. The van der Waals surface area contributed by atoms with E-state index in [1.165, 1.54) is 73.6 Å². The van der Waals surface area contributed by atoms with Crippen molar-refractivity contribution < 1.29 is 4.74 Å². The molecule has 198 valence electrons. The summed E-state index contributed by atoms with van der Waals surface area (Å²) >= 11 is 0. The van der Waals surface area contributed by atoms with Crippen LogP contribution in [0.2, 0.25) is 0 Å². The van der Waals surface area contributed by atoms with Crippen LogP contribution in [0.1, 0.15) is 107 Å². The summed E-state index contributed by atoms with van der Waals surface area (Å²) in [6.45, 7) is 5.44. The Bertz CT molecular complexity index is 1020. The highest BCUT2D eigenvalue weighted by atomic mass is 16.5. The van der Waals surface area contributed by atoms with Crippen LogP contribution in [0.5, 0.6) is 5.75 Å². The molecule has 2 aromatic carbocycles. The minimum atomic E-state index is 0.671. The Labute approximate surface area is 225 Å². The normalized spacial score (nSPS) is 17.6. The van der Waals surface area contributed by atoms with E-state index in [-0.39, 0.29) is 0 Å². The van der Waals surface area contributed by atoms with Gasteiger partial charge in [-0.25, -0.2) is 9.97 Å². The van der Waals surface area contributed by atoms with Crippen LogP contribution >= 0.6 is 0 Å². The number of aryl methyl sites for hydroxylation is 2. The molecule has 1 fully saturated rings. The molecule has 3 nitrogen and oxygen atoms in total. The molecule has 1 heterocycles. The quantitative estimate of drug-likeness (QED) is 0.208. The minimum Gasteiger partial charge on any atom is -0.494 e. The van der Waals surface area contributed by atoms with Gasteiger partial charge in [-0.05, 0) is 84.7 Å². The summed E-state index contributed by atoms with van der Waals surface area (Å²) in [5.41, 5.74) is 5.24. The highest BCUT2D eigenvalue weighted by molar-refractivity contribution is 5.64. The van der Waals surface area contributed by atoms with Gasteiger partial charge in [0.2, 0.25) is 0 Å². The van der Waals surface area contributed by atoms with E-state index in [0.717, 1.165) is 56.2 Å².